The van der Waals surface area contributed by atoms with Crippen LogP contribution in [-0.4, -0.2) is 9.55 Å². The molecule has 0 aliphatic heterocycles. The first kappa shape index (κ1) is 12.5. The van der Waals surface area contributed by atoms with Crippen LogP contribution in [0.2, 0.25) is 0 Å². The lowest BCUT2D eigenvalue weighted by Crippen LogP contribution is -2.08. The van der Waals surface area contributed by atoms with Crippen molar-refractivity contribution in [2.45, 2.75) is 13.0 Å². The van der Waals surface area contributed by atoms with Gasteiger partial charge in [-0.05, 0) is 24.6 Å². The summed E-state index contributed by atoms with van der Waals surface area (Å²) < 4.78 is 2.17. The molecule has 0 amide bonds. The zero-order valence-electron chi connectivity index (χ0n) is 11.4. The molecular formula is C17H17N3. The molecule has 0 radical (unpaired) electrons. The number of nitrogens with two attached hydrogens (primary N) is 1. The van der Waals surface area contributed by atoms with Crippen molar-refractivity contribution >= 4 is 5.69 Å². The van der Waals surface area contributed by atoms with Gasteiger partial charge in [-0.2, -0.15) is 0 Å². The first-order valence-corrected chi connectivity index (χ1v) is 6.69. The van der Waals surface area contributed by atoms with Gasteiger partial charge in [-0.1, -0.05) is 42.5 Å². The molecule has 2 aromatic carbocycles. The van der Waals surface area contributed by atoms with Crippen LogP contribution in [-0.2, 0) is 0 Å². The number of imidazole rings is 1. The van der Waals surface area contributed by atoms with E-state index < -0.39 is 0 Å². The summed E-state index contributed by atoms with van der Waals surface area (Å²) in [6.07, 6.45) is 3.85. The highest BCUT2D eigenvalue weighted by molar-refractivity contribution is 5.56. The average molecular weight is 263 g/mol. The van der Waals surface area contributed by atoms with Gasteiger partial charge in [0.1, 0.15) is 5.82 Å². The second-order valence-corrected chi connectivity index (χ2v) is 4.87. The highest BCUT2D eigenvalue weighted by atomic mass is 15.1. The molecule has 2 N–H and O–H groups in total. The summed E-state index contributed by atoms with van der Waals surface area (Å²) in [4.78, 5) is 4.49. The Balaban J connectivity index is 2.02. The second-order valence-electron chi connectivity index (χ2n) is 4.87. The predicted octanol–water partition coefficient (Wildman–Crippen LogP) is 3.74. The van der Waals surface area contributed by atoms with E-state index in [2.05, 4.69) is 34.7 Å². The largest absolute Gasteiger partial charge is 0.399 e. The van der Waals surface area contributed by atoms with Crippen LogP contribution in [0.4, 0.5) is 5.69 Å². The zero-order valence-corrected chi connectivity index (χ0v) is 11.4. The second kappa shape index (κ2) is 5.21. The first-order chi connectivity index (χ1) is 9.75. The molecule has 0 bridgehead atoms. The minimum Gasteiger partial charge on any atom is -0.399 e. The Labute approximate surface area is 118 Å². The third-order valence-electron chi connectivity index (χ3n) is 3.51. The summed E-state index contributed by atoms with van der Waals surface area (Å²) in [5.41, 5.74) is 8.96. The van der Waals surface area contributed by atoms with Crippen molar-refractivity contribution in [3.05, 3.63) is 72.6 Å². The van der Waals surface area contributed by atoms with Crippen molar-refractivity contribution in [2.75, 3.05) is 5.73 Å². The standard InChI is InChI=1S/C17H17N3/c1-13(15-8-5-9-16(18)12-15)20-11-10-19-17(20)14-6-3-2-4-7-14/h2-13H,18H2,1H3. The number of hydrogen-bond acceptors (Lipinski definition) is 2. The number of benzene rings is 2. The van der Waals surface area contributed by atoms with Crippen LogP contribution in [0, 0.1) is 0 Å². The molecular weight excluding hydrogens is 246 g/mol. The number of hydrogen-bond donors (Lipinski definition) is 1. The average Bonchev–Trinajstić information content (AvgIpc) is 2.97. The van der Waals surface area contributed by atoms with Crippen molar-refractivity contribution in [1.29, 1.82) is 0 Å². The number of anilines is 1. The van der Waals surface area contributed by atoms with E-state index in [0.717, 1.165) is 17.1 Å². The molecule has 3 nitrogen and oxygen atoms in total. The van der Waals surface area contributed by atoms with Crippen LogP contribution in [0.5, 0.6) is 0 Å². The van der Waals surface area contributed by atoms with Crippen LogP contribution in [0.1, 0.15) is 18.5 Å². The van der Waals surface area contributed by atoms with Crippen LogP contribution in [0.15, 0.2) is 67.0 Å². The lowest BCUT2D eigenvalue weighted by Gasteiger charge is -2.17. The van der Waals surface area contributed by atoms with Gasteiger partial charge in [-0.15, -0.1) is 0 Å². The van der Waals surface area contributed by atoms with Crippen LogP contribution >= 0.6 is 0 Å². The Bertz CT molecular complexity index is 701. The molecule has 3 heteroatoms. The summed E-state index contributed by atoms with van der Waals surface area (Å²) in [5, 5.41) is 0. The SMILES string of the molecule is CC(c1cccc(N)c1)n1ccnc1-c1ccccc1. The Kier molecular flexibility index (Phi) is 3.25. The Hall–Kier alpha value is -2.55. The monoisotopic (exact) mass is 263 g/mol. The lowest BCUT2D eigenvalue weighted by atomic mass is 10.1. The summed E-state index contributed by atoms with van der Waals surface area (Å²) in [6, 6.07) is 18.4. The molecule has 3 rings (SSSR count). The Morgan fingerprint density at radius 2 is 1.85 bits per heavy atom. The van der Waals surface area contributed by atoms with Gasteiger partial charge in [-0.25, -0.2) is 4.98 Å². The van der Waals surface area contributed by atoms with E-state index in [9.17, 15) is 0 Å². The van der Waals surface area contributed by atoms with Crippen LogP contribution < -0.4 is 5.73 Å². The molecule has 3 aromatic rings. The number of rotatable bonds is 3. The maximum atomic E-state index is 5.87. The minimum atomic E-state index is 0.191. The molecule has 1 atom stereocenters. The smallest absolute Gasteiger partial charge is 0.140 e. The first-order valence-electron chi connectivity index (χ1n) is 6.69. The van der Waals surface area contributed by atoms with E-state index >= 15 is 0 Å². The van der Waals surface area contributed by atoms with E-state index in [0.29, 0.717) is 0 Å². The molecule has 1 heterocycles. The maximum Gasteiger partial charge on any atom is 0.140 e. The highest BCUT2D eigenvalue weighted by Gasteiger charge is 2.13. The Morgan fingerprint density at radius 1 is 1.05 bits per heavy atom. The molecule has 20 heavy (non-hydrogen) atoms. The highest BCUT2D eigenvalue weighted by Crippen LogP contribution is 2.26. The number of nitrogens with zero attached hydrogens (tertiary/aromatic N) is 2. The van der Waals surface area contributed by atoms with E-state index in [1.165, 1.54) is 5.56 Å². The van der Waals surface area contributed by atoms with Gasteiger partial charge in [0, 0.05) is 23.6 Å². The van der Waals surface area contributed by atoms with Crippen LogP contribution in [0.3, 0.4) is 0 Å². The topological polar surface area (TPSA) is 43.8 Å². The predicted molar refractivity (Wildman–Crippen MR) is 82.3 cm³/mol. The van der Waals surface area contributed by atoms with E-state index in [1.807, 2.05) is 48.8 Å². The molecule has 0 aliphatic rings. The summed E-state index contributed by atoms with van der Waals surface area (Å²) in [5.74, 6) is 0.973. The summed E-state index contributed by atoms with van der Waals surface area (Å²) in [6.45, 7) is 2.16. The maximum absolute atomic E-state index is 5.87. The molecule has 0 spiro atoms. The van der Waals surface area contributed by atoms with Crippen molar-refractivity contribution in [1.82, 2.24) is 9.55 Å². The van der Waals surface area contributed by atoms with Gasteiger partial charge >= 0.3 is 0 Å². The van der Waals surface area contributed by atoms with Gasteiger partial charge in [0.2, 0.25) is 0 Å². The fraction of sp³-hybridized carbons (Fsp3) is 0.118. The van der Waals surface area contributed by atoms with Gasteiger partial charge in [0.15, 0.2) is 0 Å². The van der Waals surface area contributed by atoms with Crippen molar-refractivity contribution in [2.24, 2.45) is 0 Å². The molecule has 1 unspecified atom stereocenters. The van der Waals surface area contributed by atoms with Crippen molar-refractivity contribution < 1.29 is 0 Å². The van der Waals surface area contributed by atoms with E-state index in [1.54, 1.807) is 0 Å². The van der Waals surface area contributed by atoms with Gasteiger partial charge in [0.05, 0.1) is 6.04 Å². The van der Waals surface area contributed by atoms with E-state index in [-0.39, 0.29) is 6.04 Å². The third-order valence-corrected chi connectivity index (χ3v) is 3.51. The third kappa shape index (κ3) is 2.30. The van der Waals surface area contributed by atoms with E-state index in [4.69, 9.17) is 5.73 Å². The molecule has 0 saturated carbocycles. The van der Waals surface area contributed by atoms with Gasteiger partial charge < -0.3 is 10.3 Å². The van der Waals surface area contributed by atoms with Crippen molar-refractivity contribution in [3.8, 4) is 11.4 Å². The molecule has 100 valence electrons. The summed E-state index contributed by atoms with van der Waals surface area (Å²) >= 11 is 0. The fourth-order valence-electron chi connectivity index (χ4n) is 2.42. The molecule has 0 aliphatic carbocycles. The van der Waals surface area contributed by atoms with Crippen LogP contribution in [0.25, 0.3) is 11.4 Å². The molecule has 0 saturated heterocycles. The normalized spacial score (nSPS) is 12.2. The van der Waals surface area contributed by atoms with Gasteiger partial charge in [-0.3, -0.25) is 0 Å². The number of nitrogen functional groups attached to an aromatic ring is 1. The number of aromatic nitrogens is 2. The summed E-state index contributed by atoms with van der Waals surface area (Å²) in [7, 11) is 0. The lowest BCUT2D eigenvalue weighted by molar-refractivity contribution is 0.646. The van der Waals surface area contributed by atoms with Crippen molar-refractivity contribution in [3.63, 3.8) is 0 Å². The quantitative estimate of drug-likeness (QED) is 0.731. The Morgan fingerprint density at radius 3 is 2.60 bits per heavy atom. The zero-order chi connectivity index (χ0) is 13.9. The minimum absolute atomic E-state index is 0.191. The van der Waals surface area contributed by atoms with Gasteiger partial charge in [0.25, 0.3) is 0 Å². The fourth-order valence-corrected chi connectivity index (χ4v) is 2.42. The molecule has 1 aromatic heterocycles. The molecule has 0 fully saturated rings.